The van der Waals surface area contributed by atoms with Gasteiger partial charge < -0.3 is 4.74 Å². The summed E-state index contributed by atoms with van der Waals surface area (Å²) in [6.07, 6.45) is 1.69. The lowest BCUT2D eigenvalue weighted by Crippen LogP contribution is -2.46. The summed E-state index contributed by atoms with van der Waals surface area (Å²) in [4.78, 5) is 17.8. The van der Waals surface area contributed by atoms with Gasteiger partial charge in [-0.3, -0.25) is 9.63 Å². The number of hydroxylamine groups is 1. The quantitative estimate of drug-likeness (QED) is 0.797. The van der Waals surface area contributed by atoms with Crippen LogP contribution < -0.4 is 5.48 Å². The smallest absolute Gasteiger partial charge is 0.261 e. The minimum Gasteiger partial charge on any atom is -0.379 e. The average molecular weight is 340 g/mol. The molecule has 2 aliphatic heterocycles. The maximum absolute atomic E-state index is 12.7. The second-order valence-corrected chi connectivity index (χ2v) is 7.55. The molecule has 2 atom stereocenters. The van der Waals surface area contributed by atoms with E-state index >= 15 is 0 Å². The second kappa shape index (κ2) is 6.96. The van der Waals surface area contributed by atoms with E-state index in [0.29, 0.717) is 32.6 Å². The van der Waals surface area contributed by atoms with Crippen LogP contribution in [0.25, 0.3) is 0 Å². The van der Waals surface area contributed by atoms with E-state index in [1.165, 1.54) is 16.4 Å². The lowest BCUT2D eigenvalue weighted by molar-refractivity contribution is -0.141. The van der Waals surface area contributed by atoms with Crippen molar-refractivity contribution in [3.63, 3.8) is 0 Å². The molecule has 23 heavy (non-hydrogen) atoms. The SMILES string of the molecule is O=C(NOC1CCOC1)[C@@H]1CCCN1S(=O)(=O)c1ccccc1. The summed E-state index contributed by atoms with van der Waals surface area (Å²) >= 11 is 0. The van der Waals surface area contributed by atoms with Crippen LogP contribution in [0.1, 0.15) is 19.3 Å². The van der Waals surface area contributed by atoms with Gasteiger partial charge in [0.25, 0.3) is 5.91 Å². The number of nitrogens with one attached hydrogen (secondary N) is 1. The maximum atomic E-state index is 12.7. The predicted molar refractivity (Wildman–Crippen MR) is 81.8 cm³/mol. The summed E-state index contributed by atoms with van der Waals surface area (Å²) in [6, 6.07) is 7.43. The summed E-state index contributed by atoms with van der Waals surface area (Å²) in [5, 5.41) is 0. The fourth-order valence-electron chi connectivity index (χ4n) is 2.83. The molecule has 0 aromatic heterocycles. The number of carbonyl (C=O) groups is 1. The molecule has 1 aromatic rings. The van der Waals surface area contributed by atoms with Crippen LogP contribution in [0, 0.1) is 0 Å². The number of sulfonamides is 1. The normalized spacial score (nSPS) is 25.6. The average Bonchev–Trinajstić information content (AvgIpc) is 3.25. The van der Waals surface area contributed by atoms with Crippen LogP contribution in [0.3, 0.4) is 0 Å². The highest BCUT2D eigenvalue weighted by Crippen LogP contribution is 2.26. The van der Waals surface area contributed by atoms with Crippen molar-refractivity contribution in [2.75, 3.05) is 19.8 Å². The molecule has 3 rings (SSSR count). The Kier molecular flexibility index (Phi) is 4.96. The standard InChI is InChI=1S/C15H20N2O5S/c18-15(16-22-12-8-10-21-11-12)14-7-4-9-17(14)23(19,20)13-5-2-1-3-6-13/h1-3,5-6,12,14H,4,7-11H2,(H,16,18)/t12?,14-/m0/s1. The molecule has 0 saturated carbocycles. The predicted octanol–water partition coefficient (Wildman–Crippen LogP) is 0.676. The monoisotopic (exact) mass is 340 g/mol. The lowest BCUT2D eigenvalue weighted by Gasteiger charge is -2.23. The van der Waals surface area contributed by atoms with Gasteiger partial charge in [0.15, 0.2) is 0 Å². The first-order chi connectivity index (χ1) is 11.1. The third-order valence-corrected chi connectivity index (χ3v) is 5.99. The molecule has 1 N–H and O–H groups in total. The van der Waals surface area contributed by atoms with E-state index < -0.39 is 22.0 Å². The van der Waals surface area contributed by atoms with Gasteiger partial charge in [-0.15, -0.1) is 0 Å². The lowest BCUT2D eigenvalue weighted by atomic mass is 10.2. The van der Waals surface area contributed by atoms with E-state index in [1.54, 1.807) is 18.2 Å². The Morgan fingerprint density at radius 2 is 2.04 bits per heavy atom. The number of hydrogen-bond acceptors (Lipinski definition) is 5. The molecular formula is C15H20N2O5S. The minimum absolute atomic E-state index is 0.167. The molecule has 1 unspecified atom stereocenters. The van der Waals surface area contributed by atoms with E-state index in [4.69, 9.17) is 9.57 Å². The van der Waals surface area contributed by atoms with Gasteiger partial charge in [-0.25, -0.2) is 13.9 Å². The van der Waals surface area contributed by atoms with E-state index in [-0.39, 0.29) is 11.0 Å². The molecule has 0 bridgehead atoms. The number of rotatable bonds is 5. The number of carbonyl (C=O) groups excluding carboxylic acids is 1. The zero-order valence-electron chi connectivity index (χ0n) is 12.7. The first-order valence-electron chi connectivity index (χ1n) is 7.69. The number of amides is 1. The van der Waals surface area contributed by atoms with E-state index in [2.05, 4.69) is 5.48 Å². The van der Waals surface area contributed by atoms with Gasteiger partial charge in [0.05, 0.1) is 11.5 Å². The third kappa shape index (κ3) is 3.55. The number of hydrogen-bond donors (Lipinski definition) is 1. The zero-order valence-corrected chi connectivity index (χ0v) is 13.5. The van der Waals surface area contributed by atoms with Crippen molar-refractivity contribution in [3.8, 4) is 0 Å². The summed E-state index contributed by atoms with van der Waals surface area (Å²) in [5.74, 6) is -0.422. The number of nitrogens with zero attached hydrogens (tertiary/aromatic N) is 1. The van der Waals surface area contributed by atoms with Crippen molar-refractivity contribution in [1.29, 1.82) is 0 Å². The minimum atomic E-state index is -3.68. The fourth-order valence-corrected chi connectivity index (χ4v) is 4.51. The first-order valence-corrected chi connectivity index (χ1v) is 9.13. The molecule has 2 aliphatic rings. The molecule has 0 spiro atoms. The first kappa shape index (κ1) is 16.4. The summed E-state index contributed by atoms with van der Waals surface area (Å²) in [6.45, 7) is 1.39. The van der Waals surface area contributed by atoms with Crippen molar-refractivity contribution in [2.24, 2.45) is 0 Å². The van der Waals surface area contributed by atoms with Crippen molar-refractivity contribution in [1.82, 2.24) is 9.79 Å². The van der Waals surface area contributed by atoms with Gasteiger partial charge in [-0.05, 0) is 25.0 Å². The Balaban J connectivity index is 1.68. The Labute approximate surface area is 135 Å². The molecule has 126 valence electrons. The van der Waals surface area contributed by atoms with Crippen molar-refractivity contribution in [2.45, 2.75) is 36.3 Å². The Bertz CT molecular complexity index is 643. The van der Waals surface area contributed by atoms with Crippen molar-refractivity contribution >= 4 is 15.9 Å². The van der Waals surface area contributed by atoms with Crippen LogP contribution in [0.4, 0.5) is 0 Å². The van der Waals surface area contributed by atoms with Gasteiger partial charge in [0.2, 0.25) is 10.0 Å². The molecule has 1 amide bonds. The van der Waals surface area contributed by atoms with Crippen LogP contribution >= 0.6 is 0 Å². The van der Waals surface area contributed by atoms with Crippen LogP contribution in [0.2, 0.25) is 0 Å². The molecule has 2 heterocycles. The summed E-state index contributed by atoms with van der Waals surface area (Å²) in [7, 11) is -3.68. The fraction of sp³-hybridized carbons (Fsp3) is 0.533. The highest BCUT2D eigenvalue weighted by molar-refractivity contribution is 7.89. The number of ether oxygens (including phenoxy) is 1. The van der Waals surface area contributed by atoms with Gasteiger partial charge in [0, 0.05) is 19.6 Å². The van der Waals surface area contributed by atoms with Crippen molar-refractivity contribution < 1.29 is 22.8 Å². The van der Waals surface area contributed by atoms with E-state index in [0.717, 1.165) is 6.42 Å². The molecule has 1 aromatic carbocycles. The van der Waals surface area contributed by atoms with Crippen molar-refractivity contribution in [3.05, 3.63) is 30.3 Å². The highest BCUT2D eigenvalue weighted by Gasteiger charge is 2.39. The van der Waals surface area contributed by atoms with Gasteiger partial charge >= 0.3 is 0 Å². The third-order valence-electron chi connectivity index (χ3n) is 4.07. The topological polar surface area (TPSA) is 84.9 Å². The Morgan fingerprint density at radius 3 is 2.74 bits per heavy atom. The van der Waals surface area contributed by atoms with Crippen LogP contribution in [0.15, 0.2) is 35.2 Å². The maximum Gasteiger partial charge on any atom is 0.261 e. The second-order valence-electron chi connectivity index (χ2n) is 5.66. The molecule has 2 saturated heterocycles. The Morgan fingerprint density at radius 1 is 1.26 bits per heavy atom. The van der Waals surface area contributed by atoms with E-state index in [1.807, 2.05) is 0 Å². The summed E-state index contributed by atoms with van der Waals surface area (Å²) < 4.78 is 31.8. The molecule has 7 nitrogen and oxygen atoms in total. The van der Waals surface area contributed by atoms with Gasteiger partial charge in [0.1, 0.15) is 12.1 Å². The largest absolute Gasteiger partial charge is 0.379 e. The van der Waals surface area contributed by atoms with E-state index in [9.17, 15) is 13.2 Å². The molecule has 2 fully saturated rings. The zero-order chi connectivity index (χ0) is 16.3. The highest BCUT2D eigenvalue weighted by atomic mass is 32.2. The molecule has 8 heteroatoms. The van der Waals surface area contributed by atoms with Crippen LogP contribution in [0.5, 0.6) is 0 Å². The number of benzene rings is 1. The van der Waals surface area contributed by atoms with Gasteiger partial charge in [-0.2, -0.15) is 4.31 Å². The van der Waals surface area contributed by atoms with Crippen LogP contribution in [-0.4, -0.2) is 50.5 Å². The Hall–Kier alpha value is -1.48. The molecule has 0 aliphatic carbocycles. The van der Waals surface area contributed by atoms with Crippen LogP contribution in [-0.2, 0) is 24.4 Å². The van der Waals surface area contributed by atoms with Gasteiger partial charge in [-0.1, -0.05) is 18.2 Å². The molecular weight excluding hydrogens is 320 g/mol. The molecule has 0 radical (unpaired) electrons. The summed E-state index contributed by atoms with van der Waals surface area (Å²) in [5.41, 5.74) is 2.40.